The van der Waals surface area contributed by atoms with Crippen LogP contribution in [-0.2, 0) is 9.53 Å². The SMILES string of the molecule is O=C(/C=C\c1cn(C2CCCCC2)nn1)OC1CCCCCC1. The number of carbonyl (C=O) groups is 1. The Balaban J connectivity index is 1.50. The number of carbonyl (C=O) groups excluding carboxylic acids is 1. The maximum absolute atomic E-state index is 11.9. The summed E-state index contributed by atoms with van der Waals surface area (Å²) in [5.41, 5.74) is 0.730. The molecule has 1 heterocycles. The molecule has 5 heteroatoms. The zero-order valence-electron chi connectivity index (χ0n) is 13.8. The first-order valence-electron chi connectivity index (χ1n) is 9.12. The molecule has 2 aliphatic carbocycles. The van der Waals surface area contributed by atoms with Gasteiger partial charge in [-0.1, -0.05) is 37.3 Å². The second-order valence-corrected chi connectivity index (χ2v) is 6.80. The predicted octanol–water partition coefficient (Wildman–Crippen LogP) is 4.06. The number of ether oxygens (including phenoxy) is 1. The summed E-state index contributed by atoms with van der Waals surface area (Å²) in [6.45, 7) is 0. The normalized spacial score (nSPS) is 21.4. The summed E-state index contributed by atoms with van der Waals surface area (Å²) in [7, 11) is 0. The Bertz CT molecular complexity index is 524. The number of esters is 1. The highest BCUT2D eigenvalue weighted by molar-refractivity contribution is 5.86. The molecule has 5 nitrogen and oxygen atoms in total. The van der Waals surface area contributed by atoms with E-state index >= 15 is 0 Å². The molecule has 0 aromatic carbocycles. The number of nitrogens with zero attached hydrogens (tertiary/aromatic N) is 3. The van der Waals surface area contributed by atoms with Crippen LogP contribution in [0.5, 0.6) is 0 Å². The largest absolute Gasteiger partial charge is 0.459 e. The molecule has 126 valence electrons. The fourth-order valence-electron chi connectivity index (χ4n) is 3.61. The van der Waals surface area contributed by atoms with E-state index in [1.807, 2.05) is 10.9 Å². The van der Waals surface area contributed by atoms with Crippen LogP contribution in [0.25, 0.3) is 6.08 Å². The van der Waals surface area contributed by atoms with Crippen LogP contribution >= 0.6 is 0 Å². The highest BCUT2D eigenvalue weighted by Gasteiger charge is 2.17. The Morgan fingerprint density at radius 1 is 1.04 bits per heavy atom. The molecule has 3 rings (SSSR count). The van der Waals surface area contributed by atoms with Crippen LogP contribution in [0.3, 0.4) is 0 Å². The smallest absolute Gasteiger partial charge is 0.331 e. The summed E-state index contributed by atoms with van der Waals surface area (Å²) in [4.78, 5) is 11.9. The molecule has 0 spiro atoms. The minimum Gasteiger partial charge on any atom is -0.459 e. The second kappa shape index (κ2) is 8.27. The van der Waals surface area contributed by atoms with Crippen LogP contribution < -0.4 is 0 Å². The monoisotopic (exact) mass is 317 g/mol. The van der Waals surface area contributed by atoms with Crippen molar-refractivity contribution in [3.8, 4) is 0 Å². The third-order valence-electron chi connectivity index (χ3n) is 4.95. The fourth-order valence-corrected chi connectivity index (χ4v) is 3.61. The van der Waals surface area contributed by atoms with E-state index in [0.29, 0.717) is 6.04 Å². The summed E-state index contributed by atoms with van der Waals surface area (Å²) in [6, 6.07) is 0.469. The second-order valence-electron chi connectivity index (χ2n) is 6.80. The number of aromatic nitrogens is 3. The Morgan fingerprint density at radius 2 is 1.70 bits per heavy atom. The molecule has 0 bridgehead atoms. The van der Waals surface area contributed by atoms with Crippen molar-refractivity contribution in [1.29, 1.82) is 0 Å². The van der Waals surface area contributed by atoms with Crippen molar-refractivity contribution in [2.24, 2.45) is 0 Å². The maximum Gasteiger partial charge on any atom is 0.331 e. The first-order chi connectivity index (χ1) is 11.3. The zero-order chi connectivity index (χ0) is 15.9. The van der Waals surface area contributed by atoms with Crippen LogP contribution in [0.2, 0.25) is 0 Å². The predicted molar refractivity (Wildman–Crippen MR) is 88.8 cm³/mol. The summed E-state index contributed by atoms with van der Waals surface area (Å²) in [5, 5.41) is 8.35. The lowest BCUT2D eigenvalue weighted by molar-refractivity contribution is -0.143. The van der Waals surface area contributed by atoms with Gasteiger partial charge in [0.05, 0.1) is 12.2 Å². The van der Waals surface area contributed by atoms with Crippen molar-refractivity contribution < 1.29 is 9.53 Å². The molecule has 0 radical (unpaired) electrons. The molecule has 0 amide bonds. The third kappa shape index (κ3) is 4.91. The van der Waals surface area contributed by atoms with Gasteiger partial charge in [-0.15, -0.1) is 5.10 Å². The lowest BCUT2D eigenvalue weighted by atomic mass is 9.96. The lowest BCUT2D eigenvalue weighted by Crippen LogP contribution is -2.15. The van der Waals surface area contributed by atoms with Gasteiger partial charge in [0.2, 0.25) is 0 Å². The molecule has 1 aromatic rings. The van der Waals surface area contributed by atoms with Crippen LogP contribution in [0.15, 0.2) is 12.3 Å². The maximum atomic E-state index is 11.9. The van der Waals surface area contributed by atoms with E-state index in [-0.39, 0.29) is 12.1 Å². The molecule has 0 atom stereocenters. The lowest BCUT2D eigenvalue weighted by Gasteiger charge is -2.20. The van der Waals surface area contributed by atoms with E-state index in [1.165, 1.54) is 51.0 Å². The van der Waals surface area contributed by atoms with Crippen molar-refractivity contribution in [3.63, 3.8) is 0 Å². The highest BCUT2D eigenvalue weighted by Crippen LogP contribution is 2.27. The Morgan fingerprint density at radius 3 is 2.43 bits per heavy atom. The van der Waals surface area contributed by atoms with Crippen molar-refractivity contribution in [2.75, 3.05) is 0 Å². The van der Waals surface area contributed by atoms with Crippen LogP contribution in [0, 0.1) is 0 Å². The van der Waals surface area contributed by atoms with E-state index in [9.17, 15) is 4.79 Å². The van der Waals surface area contributed by atoms with E-state index in [2.05, 4.69) is 10.3 Å². The van der Waals surface area contributed by atoms with Crippen molar-refractivity contribution in [1.82, 2.24) is 15.0 Å². The van der Waals surface area contributed by atoms with E-state index in [1.54, 1.807) is 6.08 Å². The topological polar surface area (TPSA) is 57.0 Å². The molecule has 2 fully saturated rings. The van der Waals surface area contributed by atoms with Gasteiger partial charge in [0.15, 0.2) is 0 Å². The van der Waals surface area contributed by atoms with Gasteiger partial charge >= 0.3 is 5.97 Å². The molecule has 0 aliphatic heterocycles. The van der Waals surface area contributed by atoms with E-state index < -0.39 is 0 Å². The van der Waals surface area contributed by atoms with Crippen molar-refractivity contribution >= 4 is 12.0 Å². The summed E-state index contributed by atoms with van der Waals surface area (Å²) in [6.07, 6.45) is 18.3. The first kappa shape index (κ1) is 16.2. The van der Waals surface area contributed by atoms with Gasteiger partial charge < -0.3 is 4.74 Å². The van der Waals surface area contributed by atoms with Gasteiger partial charge in [-0.3, -0.25) is 0 Å². The molecule has 0 saturated heterocycles. The average molecular weight is 317 g/mol. The van der Waals surface area contributed by atoms with Crippen molar-refractivity contribution in [3.05, 3.63) is 18.0 Å². The molecular weight excluding hydrogens is 290 g/mol. The molecule has 2 saturated carbocycles. The number of hydrogen-bond acceptors (Lipinski definition) is 4. The van der Waals surface area contributed by atoms with Gasteiger partial charge in [0.1, 0.15) is 11.8 Å². The highest BCUT2D eigenvalue weighted by atomic mass is 16.5. The van der Waals surface area contributed by atoms with Gasteiger partial charge in [-0.2, -0.15) is 0 Å². The Hall–Kier alpha value is -1.65. The van der Waals surface area contributed by atoms with Gasteiger partial charge in [-0.05, 0) is 44.6 Å². The minimum absolute atomic E-state index is 0.0903. The van der Waals surface area contributed by atoms with Gasteiger partial charge in [0.25, 0.3) is 0 Å². The van der Waals surface area contributed by atoms with Crippen LogP contribution in [0.1, 0.15) is 82.4 Å². The van der Waals surface area contributed by atoms with Gasteiger partial charge in [-0.25, -0.2) is 9.48 Å². The minimum atomic E-state index is -0.260. The summed E-state index contributed by atoms with van der Waals surface area (Å²) < 4.78 is 7.49. The van der Waals surface area contributed by atoms with Crippen molar-refractivity contribution in [2.45, 2.75) is 82.8 Å². The average Bonchev–Trinajstić information content (AvgIpc) is 2.91. The standard InChI is InChI=1S/C18H27N3O2/c22-18(23-17-10-6-1-2-7-11-17)13-12-15-14-21(20-19-15)16-8-4-3-5-9-16/h12-14,16-17H,1-11H2/b13-12-. The molecule has 2 aliphatic rings. The summed E-state index contributed by atoms with van der Waals surface area (Å²) in [5.74, 6) is -0.260. The molecule has 0 unspecified atom stereocenters. The molecule has 0 N–H and O–H groups in total. The number of rotatable bonds is 4. The molecule has 1 aromatic heterocycles. The quantitative estimate of drug-likeness (QED) is 0.477. The third-order valence-corrected chi connectivity index (χ3v) is 4.95. The molecular formula is C18H27N3O2. The van der Waals surface area contributed by atoms with Crippen LogP contribution in [0.4, 0.5) is 0 Å². The van der Waals surface area contributed by atoms with Gasteiger partial charge in [0, 0.05) is 6.08 Å². The van der Waals surface area contributed by atoms with E-state index in [0.717, 1.165) is 31.4 Å². The fraction of sp³-hybridized carbons (Fsp3) is 0.722. The Labute approximate surface area is 138 Å². The zero-order valence-corrected chi connectivity index (χ0v) is 13.8. The summed E-state index contributed by atoms with van der Waals surface area (Å²) >= 11 is 0. The van der Waals surface area contributed by atoms with Crippen LogP contribution in [-0.4, -0.2) is 27.1 Å². The molecule has 23 heavy (non-hydrogen) atoms. The number of hydrogen-bond donors (Lipinski definition) is 0. The Kier molecular flexibility index (Phi) is 5.83. The van der Waals surface area contributed by atoms with E-state index in [4.69, 9.17) is 4.74 Å². The first-order valence-corrected chi connectivity index (χ1v) is 9.12.